The predicted octanol–water partition coefficient (Wildman–Crippen LogP) is 4.03. The summed E-state index contributed by atoms with van der Waals surface area (Å²) in [6, 6.07) is 9.88. The molecule has 4 heteroatoms. The van der Waals surface area contributed by atoms with Crippen molar-refractivity contribution in [2.75, 3.05) is 5.32 Å². The summed E-state index contributed by atoms with van der Waals surface area (Å²) in [6.07, 6.45) is 0. The average Bonchev–Trinajstić information content (AvgIpc) is 2.35. The summed E-state index contributed by atoms with van der Waals surface area (Å²) in [5, 5.41) is 13.0. The molecule has 0 unspecified atom stereocenters. The molecule has 0 aliphatic carbocycles. The first kappa shape index (κ1) is 14.5. The van der Waals surface area contributed by atoms with Gasteiger partial charge >= 0.3 is 0 Å². The normalized spacial score (nSPS) is 9.72. The maximum atomic E-state index is 9.79. The summed E-state index contributed by atoms with van der Waals surface area (Å²) in [6.45, 7) is 5.65. The molecule has 18 heavy (non-hydrogen) atoms. The largest absolute Gasteiger partial charge is 0.506 e. The first-order chi connectivity index (χ1) is 8.09. The van der Waals surface area contributed by atoms with Crippen molar-refractivity contribution in [3.63, 3.8) is 0 Å². The third-order valence-electron chi connectivity index (χ3n) is 2.93. The Hall–Kier alpha value is -1.55. The number of hydrogen-bond acceptors (Lipinski definition) is 3. The van der Waals surface area contributed by atoms with Gasteiger partial charge in [-0.15, -0.1) is 17.0 Å². The monoisotopic (exact) mass is 308 g/mol. The zero-order chi connectivity index (χ0) is 12.4. The Morgan fingerprint density at radius 3 is 2.22 bits per heavy atom. The lowest BCUT2D eigenvalue weighted by atomic mass is 10.1. The highest BCUT2D eigenvalue weighted by molar-refractivity contribution is 8.93. The first-order valence-electron chi connectivity index (χ1n) is 5.58. The third kappa shape index (κ3) is 2.82. The van der Waals surface area contributed by atoms with Gasteiger partial charge in [0.05, 0.1) is 5.69 Å². The van der Waals surface area contributed by atoms with E-state index in [0.717, 1.165) is 22.6 Å². The van der Waals surface area contributed by atoms with E-state index >= 15 is 0 Å². The van der Waals surface area contributed by atoms with Crippen LogP contribution >= 0.6 is 17.0 Å². The van der Waals surface area contributed by atoms with Crippen molar-refractivity contribution in [2.45, 2.75) is 20.8 Å². The minimum absolute atomic E-state index is 0. The van der Waals surface area contributed by atoms with Crippen LogP contribution in [0.5, 0.6) is 5.75 Å². The van der Waals surface area contributed by atoms with Gasteiger partial charge in [-0.2, -0.15) is 0 Å². The van der Waals surface area contributed by atoms with Crippen LogP contribution in [0.1, 0.15) is 16.8 Å². The number of nitrogens with one attached hydrogen (secondary N) is 1. The van der Waals surface area contributed by atoms with E-state index in [0.29, 0.717) is 5.69 Å². The molecule has 1 heterocycles. The van der Waals surface area contributed by atoms with Crippen molar-refractivity contribution < 1.29 is 5.11 Å². The summed E-state index contributed by atoms with van der Waals surface area (Å²) in [5.41, 5.74) is 3.48. The van der Waals surface area contributed by atoms with Gasteiger partial charge in [-0.05, 0) is 44.0 Å². The average molecular weight is 309 g/mol. The second-order valence-electron chi connectivity index (χ2n) is 4.14. The second-order valence-corrected chi connectivity index (χ2v) is 4.14. The molecule has 0 aliphatic rings. The summed E-state index contributed by atoms with van der Waals surface area (Å²) >= 11 is 0. The molecule has 1 aromatic heterocycles. The Bertz CT molecular complexity index is 541. The molecule has 0 radical (unpaired) electrons. The van der Waals surface area contributed by atoms with E-state index in [1.807, 2.05) is 44.2 Å². The number of pyridine rings is 1. The lowest BCUT2D eigenvalue weighted by molar-refractivity contribution is 0.463. The van der Waals surface area contributed by atoms with E-state index in [1.165, 1.54) is 0 Å². The molecule has 0 fully saturated rings. The Balaban J connectivity index is 0.00000162. The van der Waals surface area contributed by atoms with Gasteiger partial charge < -0.3 is 10.4 Å². The third-order valence-corrected chi connectivity index (χ3v) is 2.93. The molecule has 0 bridgehead atoms. The van der Waals surface area contributed by atoms with E-state index in [9.17, 15) is 5.11 Å². The molecule has 2 rings (SSSR count). The van der Waals surface area contributed by atoms with Gasteiger partial charge in [-0.1, -0.05) is 18.2 Å². The Morgan fingerprint density at radius 1 is 1.00 bits per heavy atom. The van der Waals surface area contributed by atoms with Crippen molar-refractivity contribution in [1.29, 1.82) is 0 Å². The quantitative estimate of drug-likeness (QED) is 0.880. The summed E-state index contributed by atoms with van der Waals surface area (Å²) < 4.78 is 0. The van der Waals surface area contributed by atoms with Gasteiger partial charge in [0.15, 0.2) is 0 Å². The standard InChI is InChI=1S/C14H16N2O.BrH/c1-9-10(2)14(15-11(3)13(9)17)16-12-7-5-4-6-8-12;/h4-8,17H,1-3H3,(H,15,16);1H. The van der Waals surface area contributed by atoms with Gasteiger partial charge in [-0.3, -0.25) is 0 Å². The molecular formula is C14H17BrN2O. The van der Waals surface area contributed by atoms with Crippen LogP contribution in [0.4, 0.5) is 11.5 Å². The van der Waals surface area contributed by atoms with E-state index in [1.54, 1.807) is 6.92 Å². The summed E-state index contributed by atoms with van der Waals surface area (Å²) in [7, 11) is 0. The number of hydrogen-bond donors (Lipinski definition) is 2. The van der Waals surface area contributed by atoms with Crippen LogP contribution in [0.2, 0.25) is 0 Å². The minimum atomic E-state index is 0. The number of para-hydroxylation sites is 1. The van der Waals surface area contributed by atoms with E-state index in [2.05, 4.69) is 10.3 Å². The Kier molecular flexibility index (Phi) is 4.73. The van der Waals surface area contributed by atoms with Crippen LogP contribution < -0.4 is 5.32 Å². The van der Waals surface area contributed by atoms with Gasteiger partial charge in [0.2, 0.25) is 0 Å². The number of aromatic nitrogens is 1. The zero-order valence-electron chi connectivity index (χ0n) is 10.7. The summed E-state index contributed by atoms with van der Waals surface area (Å²) in [4.78, 5) is 4.37. The molecule has 3 nitrogen and oxygen atoms in total. The van der Waals surface area contributed by atoms with E-state index in [-0.39, 0.29) is 22.7 Å². The number of benzene rings is 1. The molecule has 0 saturated heterocycles. The smallest absolute Gasteiger partial charge is 0.140 e. The zero-order valence-corrected chi connectivity index (χ0v) is 12.4. The SMILES string of the molecule is Br.Cc1nc(Nc2ccccc2)c(C)c(C)c1O. The molecule has 0 spiro atoms. The molecule has 0 saturated carbocycles. The molecule has 0 atom stereocenters. The maximum absolute atomic E-state index is 9.79. The molecule has 96 valence electrons. The number of aromatic hydroxyl groups is 1. The number of rotatable bonds is 2. The lowest BCUT2D eigenvalue weighted by Gasteiger charge is -2.13. The molecule has 2 N–H and O–H groups in total. The van der Waals surface area contributed by atoms with Crippen molar-refractivity contribution in [1.82, 2.24) is 4.98 Å². The molecule has 0 aliphatic heterocycles. The van der Waals surface area contributed by atoms with Gasteiger partial charge in [0.1, 0.15) is 11.6 Å². The van der Waals surface area contributed by atoms with Crippen LogP contribution in [-0.4, -0.2) is 10.1 Å². The maximum Gasteiger partial charge on any atom is 0.140 e. The highest BCUT2D eigenvalue weighted by atomic mass is 79.9. The fourth-order valence-corrected chi connectivity index (χ4v) is 1.71. The van der Waals surface area contributed by atoms with Crippen LogP contribution in [0.25, 0.3) is 0 Å². The van der Waals surface area contributed by atoms with Crippen LogP contribution in [0.15, 0.2) is 30.3 Å². The number of halogens is 1. The topological polar surface area (TPSA) is 45.2 Å². The van der Waals surface area contributed by atoms with E-state index in [4.69, 9.17) is 0 Å². The fraction of sp³-hybridized carbons (Fsp3) is 0.214. The minimum Gasteiger partial charge on any atom is -0.506 e. The molecular weight excluding hydrogens is 292 g/mol. The molecule has 0 amide bonds. The highest BCUT2D eigenvalue weighted by Crippen LogP contribution is 2.29. The van der Waals surface area contributed by atoms with Gasteiger partial charge in [0, 0.05) is 5.69 Å². The fourth-order valence-electron chi connectivity index (χ4n) is 1.71. The van der Waals surface area contributed by atoms with E-state index < -0.39 is 0 Å². The van der Waals surface area contributed by atoms with Crippen LogP contribution in [0.3, 0.4) is 0 Å². The lowest BCUT2D eigenvalue weighted by Crippen LogP contribution is -2.00. The van der Waals surface area contributed by atoms with Gasteiger partial charge in [0.25, 0.3) is 0 Å². The van der Waals surface area contributed by atoms with Crippen LogP contribution in [-0.2, 0) is 0 Å². The van der Waals surface area contributed by atoms with Crippen molar-refractivity contribution in [3.05, 3.63) is 47.2 Å². The molecule has 1 aromatic carbocycles. The summed E-state index contributed by atoms with van der Waals surface area (Å²) in [5.74, 6) is 1.07. The second kappa shape index (κ2) is 5.87. The van der Waals surface area contributed by atoms with Crippen molar-refractivity contribution in [2.24, 2.45) is 0 Å². The number of nitrogens with zero attached hydrogens (tertiary/aromatic N) is 1. The highest BCUT2D eigenvalue weighted by Gasteiger charge is 2.10. The number of aryl methyl sites for hydroxylation is 1. The van der Waals surface area contributed by atoms with Crippen molar-refractivity contribution >= 4 is 28.5 Å². The number of anilines is 2. The van der Waals surface area contributed by atoms with Gasteiger partial charge in [-0.25, -0.2) is 4.98 Å². The predicted molar refractivity (Wildman–Crippen MR) is 80.2 cm³/mol. The first-order valence-corrected chi connectivity index (χ1v) is 5.58. The Labute approximate surface area is 118 Å². The van der Waals surface area contributed by atoms with Crippen LogP contribution in [0, 0.1) is 20.8 Å². The molecule has 2 aromatic rings. The van der Waals surface area contributed by atoms with Crippen molar-refractivity contribution in [3.8, 4) is 5.75 Å². The Morgan fingerprint density at radius 2 is 1.61 bits per heavy atom.